The average Bonchev–Trinajstić information content (AvgIpc) is 3.32. The van der Waals surface area contributed by atoms with Crippen molar-refractivity contribution in [3.05, 3.63) is 47.7 Å². The van der Waals surface area contributed by atoms with Crippen molar-refractivity contribution in [1.29, 1.82) is 0 Å². The molecule has 3 aromatic heterocycles. The lowest BCUT2D eigenvalue weighted by molar-refractivity contribution is 0.0831. The summed E-state index contributed by atoms with van der Waals surface area (Å²) in [5.74, 6) is 1.67. The second-order valence-electron chi connectivity index (χ2n) is 11.7. The van der Waals surface area contributed by atoms with E-state index in [1.54, 1.807) is 6.07 Å². The lowest BCUT2D eigenvalue weighted by Crippen LogP contribution is -2.42. The summed E-state index contributed by atoms with van der Waals surface area (Å²) in [5, 5.41) is 15.6. The molecule has 3 aromatic rings. The van der Waals surface area contributed by atoms with Crippen molar-refractivity contribution in [2.45, 2.75) is 45.1 Å². The number of hydrogen-bond acceptors (Lipinski definition) is 8. The molecule has 11 heteroatoms. The van der Waals surface area contributed by atoms with E-state index in [0.717, 1.165) is 62.1 Å². The molecular formula is C30H39FN8O2. The van der Waals surface area contributed by atoms with Crippen LogP contribution in [0.25, 0.3) is 11.4 Å². The molecule has 0 aromatic carbocycles. The number of halogens is 1. The van der Waals surface area contributed by atoms with Crippen LogP contribution in [0.15, 0.2) is 30.6 Å². The summed E-state index contributed by atoms with van der Waals surface area (Å²) >= 11 is 0. The topological polar surface area (TPSA) is 111 Å². The molecule has 3 N–H and O–H groups in total. The Kier molecular flexibility index (Phi) is 7.90. The Balaban J connectivity index is 1.06. The highest BCUT2D eigenvalue weighted by Crippen LogP contribution is 2.34. The molecule has 1 unspecified atom stereocenters. The van der Waals surface area contributed by atoms with Gasteiger partial charge in [-0.2, -0.15) is 0 Å². The van der Waals surface area contributed by atoms with Gasteiger partial charge < -0.3 is 30.1 Å². The predicted molar refractivity (Wildman–Crippen MR) is 156 cm³/mol. The molecule has 218 valence electrons. The van der Waals surface area contributed by atoms with Crippen molar-refractivity contribution in [2.24, 2.45) is 18.9 Å². The summed E-state index contributed by atoms with van der Waals surface area (Å²) in [5.41, 5.74) is 3.19. The van der Waals surface area contributed by atoms with Crippen LogP contribution >= 0.6 is 0 Å². The summed E-state index contributed by atoms with van der Waals surface area (Å²) < 4.78 is 16.6. The van der Waals surface area contributed by atoms with Gasteiger partial charge in [-0.25, -0.2) is 19.3 Å². The highest BCUT2D eigenvalue weighted by atomic mass is 19.1. The Hall–Kier alpha value is -3.57. The summed E-state index contributed by atoms with van der Waals surface area (Å²) in [6, 6.07) is 5.64. The zero-order valence-corrected chi connectivity index (χ0v) is 23.8. The van der Waals surface area contributed by atoms with Crippen molar-refractivity contribution >= 4 is 23.4 Å². The molecular weight excluding hydrogens is 523 g/mol. The zero-order valence-electron chi connectivity index (χ0n) is 23.8. The number of nitrogens with zero attached hydrogens (tertiary/aromatic N) is 6. The highest BCUT2D eigenvalue weighted by molar-refractivity contribution is 5.97. The lowest BCUT2D eigenvalue weighted by atomic mass is 9.78. The number of aliphatic hydroxyl groups is 1. The number of anilines is 3. The van der Waals surface area contributed by atoms with Gasteiger partial charge in [0.25, 0.3) is 5.91 Å². The van der Waals surface area contributed by atoms with Gasteiger partial charge in [-0.15, -0.1) is 0 Å². The minimum atomic E-state index is -0.550. The fourth-order valence-electron chi connectivity index (χ4n) is 6.74. The van der Waals surface area contributed by atoms with Crippen LogP contribution in [0.4, 0.5) is 21.8 Å². The van der Waals surface area contributed by atoms with Crippen LogP contribution in [0.1, 0.15) is 48.7 Å². The number of aromatic nitrogens is 4. The number of aliphatic hydroxyl groups excluding tert-OH is 1. The normalized spacial score (nSPS) is 19.6. The summed E-state index contributed by atoms with van der Waals surface area (Å²) in [7, 11) is 1.83. The number of nitrogens with one attached hydrogen (secondary N) is 2. The maximum absolute atomic E-state index is 14.8. The molecule has 0 radical (unpaired) electrons. The SMILES string of the molecule is CC(O)CN1CCC(C2CCN(c3ccc(Nc4ncc(F)c(-c5cc6c(n5C)CCNC6=O)n4)nc3)CC2)CC1. The number of carbonyl (C=O) groups excluding carboxylic acids is 1. The maximum Gasteiger partial charge on any atom is 0.253 e. The molecule has 1 amide bonds. The van der Waals surface area contributed by atoms with E-state index in [1.165, 1.54) is 25.7 Å². The molecule has 10 nitrogen and oxygen atoms in total. The third-order valence-electron chi connectivity index (χ3n) is 8.95. The maximum atomic E-state index is 14.8. The molecule has 0 saturated carbocycles. The van der Waals surface area contributed by atoms with Gasteiger partial charge in [-0.1, -0.05) is 0 Å². The largest absolute Gasteiger partial charge is 0.392 e. The number of likely N-dealkylation sites (tertiary alicyclic amines) is 1. The van der Waals surface area contributed by atoms with E-state index in [0.29, 0.717) is 30.0 Å². The van der Waals surface area contributed by atoms with E-state index in [2.05, 4.69) is 41.5 Å². The molecule has 1 atom stereocenters. The van der Waals surface area contributed by atoms with Gasteiger partial charge in [0, 0.05) is 45.3 Å². The fraction of sp³-hybridized carbons (Fsp3) is 0.533. The first-order valence-corrected chi connectivity index (χ1v) is 14.7. The van der Waals surface area contributed by atoms with Gasteiger partial charge in [-0.05, 0) is 75.7 Å². The molecule has 3 aliphatic rings. The smallest absolute Gasteiger partial charge is 0.253 e. The van der Waals surface area contributed by atoms with E-state index in [-0.39, 0.29) is 23.7 Å². The van der Waals surface area contributed by atoms with Crippen LogP contribution in [-0.4, -0.2) is 80.8 Å². The minimum Gasteiger partial charge on any atom is -0.392 e. The van der Waals surface area contributed by atoms with E-state index in [9.17, 15) is 14.3 Å². The molecule has 0 spiro atoms. The van der Waals surface area contributed by atoms with Crippen LogP contribution in [0.3, 0.4) is 0 Å². The third-order valence-corrected chi connectivity index (χ3v) is 8.95. The predicted octanol–water partition coefficient (Wildman–Crippen LogP) is 3.35. The number of amides is 1. The van der Waals surface area contributed by atoms with Crippen molar-refractivity contribution in [3.8, 4) is 11.4 Å². The first-order chi connectivity index (χ1) is 19.9. The lowest BCUT2D eigenvalue weighted by Gasteiger charge is -2.41. The number of rotatable bonds is 7. The Labute approximate surface area is 240 Å². The molecule has 6 rings (SSSR count). The van der Waals surface area contributed by atoms with Crippen LogP contribution in [0.5, 0.6) is 0 Å². The Morgan fingerprint density at radius 3 is 2.49 bits per heavy atom. The van der Waals surface area contributed by atoms with Gasteiger partial charge in [0.2, 0.25) is 5.95 Å². The number of carbonyl (C=O) groups is 1. The van der Waals surface area contributed by atoms with Gasteiger partial charge in [-0.3, -0.25) is 4.79 Å². The molecule has 2 fully saturated rings. The first-order valence-electron chi connectivity index (χ1n) is 14.7. The molecule has 0 bridgehead atoms. The summed E-state index contributed by atoms with van der Waals surface area (Å²) in [4.78, 5) is 30.2. The van der Waals surface area contributed by atoms with E-state index >= 15 is 0 Å². The molecule has 2 saturated heterocycles. The number of piperidine rings is 2. The first kappa shape index (κ1) is 27.6. The van der Waals surface area contributed by atoms with Gasteiger partial charge in [0.15, 0.2) is 5.82 Å². The third kappa shape index (κ3) is 5.92. The van der Waals surface area contributed by atoms with Crippen molar-refractivity contribution in [2.75, 3.05) is 49.5 Å². The van der Waals surface area contributed by atoms with Crippen molar-refractivity contribution in [3.63, 3.8) is 0 Å². The number of fused-ring (bicyclic) bond motifs is 1. The zero-order chi connectivity index (χ0) is 28.5. The van der Waals surface area contributed by atoms with E-state index in [4.69, 9.17) is 0 Å². The summed E-state index contributed by atoms with van der Waals surface area (Å²) in [6.07, 6.45) is 8.29. The van der Waals surface area contributed by atoms with Crippen molar-refractivity contribution < 1.29 is 14.3 Å². The van der Waals surface area contributed by atoms with Crippen LogP contribution in [0.2, 0.25) is 0 Å². The molecule has 41 heavy (non-hydrogen) atoms. The highest BCUT2D eigenvalue weighted by Gasteiger charge is 2.30. The average molecular weight is 563 g/mol. The van der Waals surface area contributed by atoms with Crippen molar-refractivity contribution in [1.82, 2.24) is 29.7 Å². The number of pyridine rings is 1. The monoisotopic (exact) mass is 562 g/mol. The molecule has 6 heterocycles. The quantitative estimate of drug-likeness (QED) is 0.402. The molecule has 3 aliphatic heterocycles. The minimum absolute atomic E-state index is 0.139. The number of hydrogen-bond donors (Lipinski definition) is 3. The van der Waals surface area contributed by atoms with Gasteiger partial charge in [0.1, 0.15) is 11.5 Å². The second-order valence-corrected chi connectivity index (χ2v) is 11.7. The summed E-state index contributed by atoms with van der Waals surface area (Å²) in [6.45, 7) is 7.45. The van der Waals surface area contributed by atoms with Gasteiger partial charge in [0.05, 0.1) is 35.4 Å². The van der Waals surface area contributed by atoms with Crippen LogP contribution in [0, 0.1) is 17.7 Å². The van der Waals surface area contributed by atoms with Crippen LogP contribution in [-0.2, 0) is 13.5 Å². The van der Waals surface area contributed by atoms with Crippen LogP contribution < -0.4 is 15.5 Å². The van der Waals surface area contributed by atoms with E-state index in [1.807, 2.05) is 30.8 Å². The fourth-order valence-corrected chi connectivity index (χ4v) is 6.74. The standard InChI is InChI=1S/C30H39FN8O2/c1-19(40)18-38-11-6-20(7-12-38)21-8-13-39(14-9-21)22-3-4-27(33-16-22)35-30-34-17-24(31)28(36-30)26-15-23-25(37(26)2)5-10-32-29(23)41/h3-4,15-17,19-21,40H,5-14,18H2,1-2H3,(H,32,41)(H,33,34,35,36). The van der Waals surface area contributed by atoms with Gasteiger partial charge >= 0.3 is 0 Å². The second kappa shape index (κ2) is 11.7. The Morgan fingerprint density at radius 1 is 1.10 bits per heavy atom. The Morgan fingerprint density at radius 2 is 1.83 bits per heavy atom. The molecule has 0 aliphatic carbocycles. The number of β-amino-alcohol motifs (C(OH)–C–C–N with tert-alkyl or cyclic N) is 1. The Bertz CT molecular complexity index is 1380. The van der Waals surface area contributed by atoms with E-state index < -0.39 is 5.82 Å².